The predicted octanol–water partition coefficient (Wildman–Crippen LogP) is 4.59. The van der Waals surface area contributed by atoms with Gasteiger partial charge in [0.15, 0.2) is 0 Å². The lowest BCUT2D eigenvalue weighted by atomic mass is 9.94. The molecule has 2 unspecified atom stereocenters. The normalized spacial score (nSPS) is 23.5. The van der Waals surface area contributed by atoms with Crippen molar-refractivity contribution in [3.8, 4) is 0 Å². The lowest BCUT2D eigenvalue weighted by Crippen LogP contribution is -2.26. The van der Waals surface area contributed by atoms with Crippen LogP contribution in [0.25, 0.3) is 21.3 Å². The first-order valence-corrected chi connectivity index (χ1v) is 8.48. The number of fused-ring (bicyclic) bond motifs is 1. The van der Waals surface area contributed by atoms with Crippen LogP contribution in [0.1, 0.15) is 31.4 Å². The molecule has 1 aliphatic carbocycles. The van der Waals surface area contributed by atoms with Crippen molar-refractivity contribution in [3.05, 3.63) is 45.4 Å². The van der Waals surface area contributed by atoms with Crippen LogP contribution in [-0.2, 0) is 17.1 Å². The van der Waals surface area contributed by atoms with Crippen molar-refractivity contribution in [1.82, 2.24) is 4.57 Å². The molecule has 0 amide bonds. The minimum absolute atomic E-state index is 0.325. The molecule has 1 fully saturated rings. The van der Waals surface area contributed by atoms with E-state index in [-0.39, 0.29) is 0 Å². The molecule has 0 aliphatic heterocycles. The molecular formula is C17H21ClN4O2. The summed E-state index contributed by atoms with van der Waals surface area (Å²) in [5, 5.41) is 16.4. The van der Waals surface area contributed by atoms with Crippen molar-refractivity contribution in [1.29, 1.82) is 0 Å². The maximum atomic E-state index is 11.3. The van der Waals surface area contributed by atoms with Gasteiger partial charge in [-0.25, -0.2) is 0 Å². The molecule has 6 nitrogen and oxygen atoms in total. The maximum absolute atomic E-state index is 11.3. The van der Waals surface area contributed by atoms with Crippen molar-refractivity contribution in [3.63, 3.8) is 0 Å². The second kappa shape index (κ2) is 7.03. The highest BCUT2D eigenvalue weighted by molar-refractivity contribution is 6.36. The SMILES string of the molecule is COCn1c(C2(O)CCC(CCN=[N+]=[N-])C2)c(Cl)c2ccccc21. The summed E-state index contributed by atoms with van der Waals surface area (Å²) in [5.41, 5.74) is 9.13. The van der Waals surface area contributed by atoms with Gasteiger partial charge < -0.3 is 14.4 Å². The third kappa shape index (κ3) is 2.98. The number of hydrogen-bond donors (Lipinski definition) is 1. The van der Waals surface area contributed by atoms with Crippen molar-refractivity contribution in [2.24, 2.45) is 11.0 Å². The number of rotatable bonds is 6. The zero-order chi connectivity index (χ0) is 17.2. The standard InChI is InChI=1S/C17H21ClN4O2/c1-24-11-22-14-5-3-2-4-13(14)15(18)16(22)17(23)8-6-12(10-17)7-9-20-21-19/h2-5,12,23H,6-11H2,1H3. The molecule has 7 heteroatoms. The van der Waals surface area contributed by atoms with E-state index in [9.17, 15) is 5.11 Å². The van der Waals surface area contributed by atoms with Crippen molar-refractivity contribution in [2.75, 3.05) is 13.7 Å². The fraction of sp³-hybridized carbons (Fsp3) is 0.529. The molecule has 0 saturated heterocycles. The van der Waals surface area contributed by atoms with Gasteiger partial charge in [0, 0.05) is 24.0 Å². The largest absolute Gasteiger partial charge is 0.384 e. The molecule has 1 heterocycles. The molecule has 0 radical (unpaired) electrons. The minimum Gasteiger partial charge on any atom is -0.384 e. The maximum Gasteiger partial charge on any atom is 0.122 e. The first kappa shape index (κ1) is 17.1. The van der Waals surface area contributed by atoms with E-state index in [4.69, 9.17) is 21.9 Å². The monoisotopic (exact) mass is 348 g/mol. The molecule has 1 N–H and O–H groups in total. The lowest BCUT2D eigenvalue weighted by molar-refractivity contribution is 0.0240. The fourth-order valence-electron chi connectivity index (χ4n) is 3.85. The Morgan fingerprint density at radius 3 is 3.04 bits per heavy atom. The van der Waals surface area contributed by atoms with Crippen LogP contribution < -0.4 is 0 Å². The number of nitrogens with zero attached hydrogens (tertiary/aromatic N) is 4. The average Bonchev–Trinajstić information content (AvgIpc) is 3.09. The van der Waals surface area contributed by atoms with Gasteiger partial charge in [-0.3, -0.25) is 0 Å². The summed E-state index contributed by atoms with van der Waals surface area (Å²) in [4.78, 5) is 2.79. The van der Waals surface area contributed by atoms with E-state index in [2.05, 4.69) is 10.0 Å². The Bertz CT molecular complexity index is 784. The molecule has 1 aliphatic rings. The number of azide groups is 1. The molecule has 1 saturated carbocycles. The highest BCUT2D eigenvalue weighted by Gasteiger charge is 2.42. The van der Waals surface area contributed by atoms with Crippen LogP contribution >= 0.6 is 11.6 Å². The summed E-state index contributed by atoms with van der Waals surface area (Å²) < 4.78 is 7.30. The number of benzene rings is 1. The van der Waals surface area contributed by atoms with E-state index in [1.807, 2.05) is 28.8 Å². The topological polar surface area (TPSA) is 83.2 Å². The second-order valence-electron chi connectivity index (χ2n) is 6.41. The van der Waals surface area contributed by atoms with E-state index in [0.29, 0.717) is 37.1 Å². The Morgan fingerprint density at radius 1 is 1.50 bits per heavy atom. The molecule has 0 bridgehead atoms. The van der Waals surface area contributed by atoms with Crippen LogP contribution in [0.3, 0.4) is 0 Å². The second-order valence-corrected chi connectivity index (χ2v) is 6.79. The highest BCUT2D eigenvalue weighted by Crippen LogP contribution is 2.48. The number of methoxy groups -OCH3 is 1. The zero-order valence-electron chi connectivity index (χ0n) is 13.7. The van der Waals surface area contributed by atoms with Gasteiger partial charge >= 0.3 is 0 Å². The van der Waals surface area contributed by atoms with E-state index in [1.54, 1.807) is 7.11 Å². The first-order chi connectivity index (χ1) is 11.6. The molecule has 1 aromatic heterocycles. The van der Waals surface area contributed by atoms with E-state index >= 15 is 0 Å². The molecule has 24 heavy (non-hydrogen) atoms. The van der Waals surface area contributed by atoms with Crippen LogP contribution in [0, 0.1) is 5.92 Å². The zero-order valence-corrected chi connectivity index (χ0v) is 14.4. The number of hydrogen-bond acceptors (Lipinski definition) is 3. The highest BCUT2D eigenvalue weighted by atomic mass is 35.5. The third-order valence-electron chi connectivity index (χ3n) is 4.90. The average molecular weight is 349 g/mol. The van der Waals surface area contributed by atoms with E-state index in [1.165, 1.54) is 0 Å². The Morgan fingerprint density at radius 2 is 2.29 bits per heavy atom. The lowest BCUT2D eigenvalue weighted by Gasteiger charge is -2.26. The molecule has 1 aromatic carbocycles. The van der Waals surface area contributed by atoms with Crippen molar-refractivity contribution < 1.29 is 9.84 Å². The fourth-order valence-corrected chi connectivity index (χ4v) is 4.29. The summed E-state index contributed by atoms with van der Waals surface area (Å²) in [6.07, 6.45) is 2.94. The Hall–Kier alpha value is -1.72. The molecule has 0 spiro atoms. The summed E-state index contributed by atoms with van der Waals surface area (Å²) in [6, 6.07) is 7.85. The summed E-state index contributed by atoms with van der Waals surface area (Å²) in [7, 11) is 1.63. The third-order valence-corrected chi connectivity index (χ3v) is 5.28. The van der Waals surface area contributed by atoms with Gasteiger partial charge in [0.2, 0.25) is 0 Å². The Kier molecular flexibility index (Phi) is 5.01. The van der Waals surface area contributed by atoms with Crippen LogP contribution in [-0.4, -0.2) is 23.3 Å². The molecule has 2 aromatic rings. The number of ether oxygens (including phenoxy) is 1. The number of para-hydroxylation sites is 1. The van der Waals surface area contributed by atoms with Crippen LogP contribution in [0.2, 0.25) is 5.02 Å². The van der Waals surface area contributed by atoms with Gasteiger partial charge in [-0.15, -0.1) is 0 Å². The van der Waals surface area contributed by atoms with E-state index < -0.39 is 5.60 Å². The molecule has 2 atom stereocenters. The van der Waals surface area contributed by atoms with Crippen molar-refractivity contribution in [2.45, 2.75) is 38.0 Å². The molecular weight excluding hydrogens is 328 g/mol. The molecule has 128 valence electrons. The smallest absolute Gasteiger partial charge is 0.122 e. The van der Waals surface area contributed by atoms with Gasteiger partial charge in [-0.1, -0.05) is 34.9 Å². The summed E-state index contributed by atoms with van der Waals surface area (Å²) >= 11 is 6.64. The van der Waals surface area contributed by atoms with Gasteiger partial charge in [0.25, 0.3) is 0 Å². The van der Waals surface area contributed by atoms with Crippen LogP contribution in [0.4, 0.5) is 0 Å². The predicted molar refractivity (Wildman–Crippen MR) is 93.8 cm³/mol. The summed E-state index contributed by atoms with van der Waals surface area (Å²) in [6.45, 7) is 0.806. The van der Waals surface area contributed by atoms with Gasteiger partial charge in [-0.05, 0) is 43.2 Å². The van der Waals surface area contributed by atoms with Crippen molar-refractivity contribution >= 4 is 22.5 Å². The van der Waals surface area contributed by atoms with Gasteiger partial charge in [0.05, 0.1) is 16.2 Å². The van der Waals surface area contributed by atoms with Crippen LogP contribution in [0.5, 0.6) is 0 Å². The first-order valence-electron chi connectivity index (χ1n) is 8.10. The minimum atomic E-state index is -0.977. The number of halogens is 1. The molecule has 3 rings (SSSR count). The van der Waals surface area contributed by atoms with Gasteiger partial charge in [0.1, 0.15) is 12.3 Å². The quantitative estimate of drug-likeness (QED) is 0.470. The van der Waals surface area contributed by atoms with E-state index in [0.717, 1.165) is 29.4 Å². The number of aliphatic hydroxyl groups is 1. The van der Waals surface area contributed by atoms with Gasteiger partial charge in [-0.2, -0.15) is 0 Å². The number of aromatic nitrogens is 1. The Labute approximate surface area is 145 Å². The Balaban J connectivity index is 1.97. The summed E-state index contributed by atoms with van der Waals surface area (Å²) in [5.74, 6) is 0.325. The van der Waals surface area contributed by atoms with Crippen LogP contribution in [0.15, 0.2) is 29.4 Å².